The molecule has 1 aromatic heterocycles. The summed E-state index contributed by atoms with van der Waals surface area (Å²) in [5.41, 5.74) is 5.20. The Balaban J connectivity index is 2.24. The molecule has 2 aromatic rings. The van der Waals surface area contributed by atoms with Gasteiger partial charge in [0.25, 0.3) is 0 Å². The molecule has 0 aliphatic heterocycles. The first-order chi connectivity index (χ1) is 9.60. The molecule has 0 saturated carbocycles. The van der Waals surface area contributed by atoms with Crippen molar-refractivity contribution >= 4 is 0 Å². The average molecular weight is 271 g/mol. The minimum absolute atomic E-state index is 0.312. The molecular formula is C17H25N3. The molecule has 3 nitrogen and oxygen atoms in total. The zero-order valence-electron chi connectivity index (χ0n) is 13.0. The van der Waals surface area contributed by atoms with Crippen LogP contribution < -0.4 is 5.32 Å². The fourth-order valence-electron chi connectivity index (χ4n) is 2.58. The van der Waals surface area contributed by atoms with Crippen LogP contribution in [-0.2, 0) is 6.54 Å². The summed E-state index contributed by atoms with van der Waals surface area (Å²) in [4.78, 5) is 0. The van der Waals surface area contributed by atoms with Crippen LogP contribution in [0.5, 0.6) is 0 Å². The van der Waals surface area contributed by atoms with Crippen LogP contribution in [0.4, 0.5) is 0 Å². The highest BCUT2D eigenvalue weighted by atomic mass is 15.3. The minimum atomic E-state index is 0.312. The molecule has 1 aromatic carbocycles. The number of rotatable bonds is 6. The maximum Gasteiger partial charge on any atom is 0.0607 e. The summed E-state index contributed by atoms with van der Waals surface area (Å²) in [5, 5.41) is 8.06. The van der Waals surface area contributed by atoms with Crippen molar-refractivity contribution < 1.29 is 0 Å². The Kier molecular flexibility index (Phi) is 4.96. The van der Waals surface area contributed by atoms with E-state index in [0.717, 1.165) is 19.5 Å². The highest BCUT2D eigenvalue weighted by molar-refractivity contribution is 5.30. The second-order valence-corrected chi connectivity index (χ2v) is 5.58. The molecular weight excluding hydrogens is 246 g/mol. The number of benzene rings is 1. The van der Waals surface area contributed by atoms with Gasteiger partial charge in [0.05, 0.1) is 12.6 Å². The van der Waals surface area contributed by atoms with E-state index in [1.807, 2.05) is 6.20 Å². The van der Waals surface area contributed by atoms with Crippen molar-refractivity contribution in [3.63, 3.8) is 0 Å². The molecule has 20 heavy (non-hydrogen) atoms. The fourth-order valence-corrected chi connectivity index (χ4v) is 2.58. The lowest BCUT2D eigenvalue weighted by Gasteiger charge is -2.21. The highest BCUT2D eigenvalue weighted by Gasteiger charge is 2.13. The number of nitrogens with zero attached hydrogens (tertiary/aromatic N) is 2. The lowest BCUT2D eigenvalue weighted by molar-refractivity contribution is 0.433. The number of hydrogen-bond acceptors (Lipinski definition) is 2. The van der Waals surface area contributed by atoms with E-state index in [-0.39, 0.29) is 0 Å². The monoisotopic (exact) mass is 271 g/mol. The van der Waals surface area contributed by atoms with Gasteiger partial charge < -0.3 is 5.32 Å². The number of hydrogen-bond donors (Lipinski definition) is 1. The van der Waals surface area contributed by atoms with Crippen molar-refractivity contribution in [2.45, 2.75) is 46.7 Å². The average Bonchev–Trinajstić information content (AvgIpc) is 2.78. The largest absolute Gasteiger partial charge is 0.308 e. The molecule has 0 saturated heterocycles. The standard InChI is InChI=1S/C17H25N3/c1-5-7-18-17(12-20-15(4)6-8-19-20)16-10-13(2)9-14(3)11-16/h6,8-11,17-18H,5,7,12H2,1-4H3. The van der Waals surface area contributed by atoms with Gasteiger partial charge in [0.1, 0.15) is 0 Å². The van der Waals surface area contributed by atoms with E-state index >= 15 is 0 Å². The second kappa shape index (κ2) is 6.71. The Morgan fingerprint density at radius 2 is 1.85 bits per heavy atom. The molecule has 0 bridgehead atoms. The van der Waals surface area contributed by atoms with Gasteiger partial charge in [-0.3, -0.25) is 4.68 Å². The quantitative estimate of drug-likeness (QED) is 0.870. The molecule has 0 aliphatic rings. The Morgan fingerprint density at radius 3 is 2.40 bits per heavy atom. The van der Waals surface area contributed by atoms with Crippen LogP contribution in [0.15, 0.2) is 30.5 Å². The van der Waals surface area contributed by atoms with Crippen molar-refractivity contribution in [1.82, 2.24) is 15.1 Å². The summed E-state index contributed by atoms with van der Waals surface area (Å²) in [7, 11) is 0. The molecule has 0 amide bonds. The van der Waals surface area contributed by atoms with Crippen LogP contribution in [-0.4, -0.2) is 16.3 Å². The van der Waals surface area contributed by atoms with Crippen molar-refractivity contribution in [3.8, 4) is 0 Å². The molecule has 0 radical (unpaired) electrons. The normalized spacial score (nSPS) is 12.6. The Morgan fingerprint density at radius 1 is 1.15 bits per heavy atom. The zero-order valence-corrected chi connectivity index (χ0v) is 13.0. The Labute approximate surface area is 122 Å². The third-order valence-corrected chi connectivity index (χ3v) is 3.57. The van der Waals surface area contributed by atoms with Gasteiger partial charge in [-0.25, -0.2) is 0 Å². The van der Waals surface area contributed by atoms with Gasteiger partial charge in [-0.05, 0) is 45.4 Å². The van der Waals surface area contributed by atoms with Gasteiger partial charge in [-0.1, -0.05) is 36.2 Å². The van der Waals surface area contributed by atoms with Crippen LogP contribution in [0.3, 0.4) is 0 Å². The first kappa shape index (κ1) is 14.8. The first-order valence-corrected chi connectivity index (χ1v) is 7.40. The summed E-state index contributed by atoms with van der Waals surface area (Å²) in [5.74, 6) is 0. The summed E-state index contributed by atoms with van der Waals surface area (Å²) in [6.07, 6.45) is 3.01. The molecule has 108 valence electrons. The van der Waals surface area contributed by atoms with E-state index in [2.05, 4.69) is 67.1 Å². The zero-order chi connectivity index (χ0) is 14.5. The van der Waals surface area contributed by atoms with Crippen molar-refractivity contribution in [1.29, 1.82) is 0 Å². The SMILES string of the molecule is CCCNC(Cn1nccc1C)c1cc(C)cc(C)c1. The smallest absolute Gasteiger partial charge is 0.0607 e. The molecule has 1 heterocycles. The van der Waals surface area contributed by atoms with Crippen LogP contribution in [0.25, 0.3) is 0 Å². The van der Waals surface area contributed by atoms with Crippen LogP contribution in [0.2, 0.25) is 0 Å². The predicted octanol–water partition coefficient (Wildman–Crippen LogP) is 3.55. The third-order valence-electron chi connectivity index (χ3n) is 3.57. The topological polar surface area (TPSA) is 29.9 Å². The summed E-state index contributed by atoms with van der Waals surface area (Å²) >= 11 is 0. The van der Waals surface area contributed by atoms with E-state index in [9.17, 15) is 0 Å². The van der Waals surface area contributed by atoms with E-state index in [4.69, 9.17) is 0 Å². The minimum Gasteiger partial charge on any atom is -0.308 e. The summed E-state index contributed by atoms with van der Waals surface area (Å²) in [6, 6.07) is 9.14. The van der Waals surface area contributed by atoms with Gasteiger partial charge in [0, 0.05) is 11.9 Å². The summed E-state index contributed by atoms with van der Waals surface area (Å²) < 4.78 is 2.07. The van der Waals surface area contributed by atoms with E-state index in [0.29, 0.717) is 6.04 Å². The molecule has 3 heteroatoms. The predicted molar refractivity (Wildman–Crippen MR) is 83.9 cm³/mol. The first-order valence-electron chi connectivity index (χ1n) is 7.40. The molecule has 0 spiro atoms. The van der Waals surface area contributed by atoms with Crippen molar-refractivity contribution in [2.24, 2.45) is 0 Å². The van der Waals surface area contributed by atoms with Gasteiger partial charge in [-0.15, -0.1) is 0 Å². The van der Waals surface area contributed by atoms with Gasteiger partial charge >= 0.3 is 0 Å². The summed E-state index contributed by atoms with van der Waals surface area (Å²) in [6.45, 7) is 10.5. The van der Waals surface area contributed by atoms with E-state index in [1.165, 1.54) is 22.4 Å². The Bertz CT molecular complexity index is 537. The van der Waals surface area contributed by atoms with E-state index in [1.54, 1.807) is 0 Å². The maximum absolute atomic E-state index is 4.41. The van der Waals surface area contributed by atoms with Crippen LogP contribution in [0.1, 0.15) is 41.8 Å². The van der Waals surface area contributed by atoms with Crippen molar-refractivity contribution in [3.05, 3.63) is 52.8 Å². The Hall–Kier alpha value is -1.61. The molecule has 1 N–H and O–H groups in total. The molecule has 1 unspecified atom stereocenters. The number of aromatic nitrogens is 2. The second-order valence-electron chi connectivity index (χ2n) is 5.58. The maximum atomic E-state index is 4.41. The van der Waals surface area contributed by atoms with Gasteiger partial charge in [-0.2, -0.15) is 5.10 Å². The molecule has 0 fully saturated rings. The molecule has 2 rings (SSSR count). The number of nitrogens with one attached hydrogen (secondary N) is 1. The van der Waals surface area contributed by atoms with Gasteiger partial charge in [0.2, 0.25) is 0 Å². The lowest BCUT2D eigenvalue weighted by Crippen LogP contribution is -2.27. The van der Waals surface area contributed by atoms with E-state index < -0.39 is 0 Å². The molecule has 1 atom stereocenters. The third kappa shape index (κ3) is 3.70. The van der Waals surface area contributed by atoms with Crippen LogP contribution in [0, 0.1) is 20.8 Å². The highest BCUT2D eigenvalue weighted by Crippen LogP contribution is 2.19. The molecule has 0 aliphatic carbocycles. The lowest BCUT2D eigenvalue weighted by atomic mass is 10.0. The van der Waals surface area contributed by atoms with Crippen LogP contribution >= 0.6 is 0 Å². The fraction of sp³-hybridized carbons (Fsp3) is 0.471. The van der Waals surface area contributed by atoms with Gasteiger partial charge in [0.15, 0.2) is 0 Å². The van der Waals surface area contributed by atoms with Crippen molar-refractivity contribution in [2.75, 3.05) is 6.54 Å². The number of aryl methyl sites for hydroxylation is 3.